The fraction of sp³-hybridized carbons (Fsp3) is 0.684. The standard InChI is InChI=1S/C19H26N2O3S/c1-14-2-3-17(20-9-14)18(22)21-12-19(13-21)8-16(11-25-19)24-10-15-4-6-23-7-5-15/h2-3,9,15-16H,4-8,10-13H2,1H3/t16-/m1/s1. The number of amides is 1. The number of hydrogen-bond donors (Lipinski definition) is 0. The van der Waals surface area contributed by atoms with Gasteiger partial charge in [-0.25, -0.2) is 0 Å². The lowest BCUT2D eigenvalue weighted by Gasteiger charge is -2.47. The van der Waals surface area contributed by atoms with Crippen LogP contribution in [0.3, 0.4) is 0 Å². The van der Waals surface area contributed by atoms with Gasteiger partial charge in [0.25, 0.3) is 5.91 Å². The van der Waals surface area contributed by atoms with Crippen LogP contribution in [-0.4, -0.2) is 65.3 Å². The minimum absolute atomic E-state index is 0.0535. The van der Waals surface area contributed by atoms with E-state index in [1.165, 1.54) is 0 Å². The maximum Gasteiger partial charge on any atom is 0.272 e. The van der Waals surface area contributed by atoms with Crippen molar-refractivity contribution in [3.63, 3.8) is 0 Å². The Morgan fingerprint density at radius 1 is 1.40 bits per heavy atom. The number of rotatable bonds is 4. The number of hydrogen-bond acceptors (Lipinski definition) is 5. The molecule has 4 heterocycles. The van der Waals surface area contributed by atoms with Crippen molar-refractivity contribution in [2.75, 3.05) is 38.7 Å². The molecule has 3 aliphatic heterocycles. The summed E-state index contributed by atoms with van der Waals surface area (Å²) in [5.41, 5.74) is 1.63. The van der Waals surface area contributed by atoms with E-state index in [2.05, 4.69) is 4.98 Å². The number of carbonyl (C=O) groups excluding carboxylic acids is 1. The van der Waals surface area contributed by atoms with E-state index in [-0.39, 0.29) is 10.7 Å². The van der Waals surface area contributed by atoms with Gasteiger partial charge >= 0.3 is 0 Å². The fourth-order valence-electron chi connectivity index (χ4n) is 3.86. The quantitative estimate of drug-likeness (QED) is 0.824. The molecule has 1 atom stereocenters. The van der Waals surface area contributed by atoms with Gasteiger partial charge in [-0.2, -0.15) is 0 Å². The zero-order valence-electron chi connectivity index (χ0n) is 14.8. The second-order valence-corrected chi connectivity index (χ2v) is 9.08. The van der Waals surface area contributed by atoms with Gasteiger partial charge in [-0.1, -0.05) is 6.07 Å². The second kappa shape index (κ2) is 7.25. The van der Waals surface area contributed by atoms with Gasteiger partial charge in [-0.05, 0) is 43.7 Å². The summed E-state index contributed by atoms with van der Waals surface area (Å²) < 4.78 is 11.8. The molecule has 0 unspecified atom stereocenters. The summed E-state index contributed by atoms with van der Waals surface area (Å²) in [7, 11) is 0. The van der Waals surface area contributed by atoms with Gasteiger partial charge in [-0.15, -0.1) is 11.8 Å². The molecule has 1 aromatic rings. The van der Waals surface area contributed by atoms with Crippen LogP contribution >= 0.6 is 11.8 Å². The van der Waals surface area contributed by atoms with E-state index in [0.717, 1.165) is 63.5 Å². The third-order valence-corrected chi connectivity index (χ3v) is 7.04. The molecule has 3 saturated heterocycles. The lowest BCUT2D eigenvalue weighted by Crippen LogP contribution is -2.60. The Labute approximate surface area is 153 Å². The highest BCUT2D eigenvalue weighted by Crippen LogP contribution is 2.46. The van der Waals surface area contributed by atoms with E-state index < -0.39 is 0 Å². The molecule has 25 heavy (non-hydrogen) atoms. The van der Waals surface area contributed by atoms with Crippen LogP contribution in [0.1, 0.15) is 35.3 Å². The van der Waals surface area contributed by atoms with Gasteiger partial charge in [0.2, 0.25) is 0 Å². The smallest absolute Gasteiger partial charge is 0.272 e. The molecule has 1 amide bonds. The highest BCUT2D eigenvalue weighted by Gasteiger charge is 2.51. The van der Waals surface area contributed by atoms with E-state index in [0.29, 0.717) is 17.7 Å². The summed E-state index contributed by atoms with van der Waals surface area (Å²) in [6.45, 7) is 6.24. The van der Waals surface area contributed by atoms with Crippen LogP contribution in [0.4, 0.5) is 0 Å². The third-order valence-electron chi connectivity index (χ3n) is 5.46. The third kappa shape index (κ3) is 3.86. The molecule has 0 radical (unpaired) electrons. The normalized spacial score (nSPS) is 26.0. The maximum absolute atomic E-state index is 12.5. The summed E-state index contributed by atoms with van der Waals surface area (Å²) in [6.07, 6.45) is 5.40. The predicted octanol–water partition coefficient (Wildman–Crippen LogP) is 2.53. The molecule has 1 aromatic heterocycles. The summed E-state index contributed by atoms with van der Waals surface area (Å²) in [4.78, 5) is 18.7. The summed E-state index contributed by atoms with van der Waals surface area (Å²) in [5, 5.41) is 0. The minimum Gasteiger partial charge on any atom is -0.381 e. The molecule has 0 aromatic carbocycles. The van der Waals surface area contributed by atoms with Crippen LogP contribution in [0.15, 0.2) is 18.3 Å². The van der Waals surface area contributed by atoms with Crippen LogP contribution in [0, 0.1) is 12.8 Å². The number of thioether (sulfide) groups is 1. The number of likely N-dealkylation sites (tertiary alicyclic amines) is 1. The number of ether oxygens (including phenoxy) is 2. The Bertz CT molecular complexity index is 610. The van der Waals surface area contributed by atoms with Crippen molar-refractivity contribution in [1.29, 1.82) is 0 Å². The fourth-order valence-corrected chi connectivity index (χ4v) is 5.42. The van der Waals surface area contributed by atoms with Crippen LogP contribution in [0.5, 0.6) is 0 Å². The molecule has 0 bridgehead atoms. The molecular formula is C19H26N2O3S. The number of aromatic nitrogens is 1. The Morgan fingerprint density at radius 2 is 2.20 bits per heavy atom. The van der Waals surface area contributed by atoms with Crippen molar-refractivity contribution < 1.29 is 14.3 Å². The van der Waals surface area contributed by atoms with Crippen molar-refractivity contribution in [2.24, 2.45) is 5.92 Å². The maximum atomic E-state index is 12.5. The van der Waals surface area contributed by atoms with Crippen molar-refractivity contribution in [1.82, 2.24) is 9.88 Å². The molecule has 3 fully saturated rings. The topological polar surface area (TPSA) is 51.7 Å². The Hall–Kier alpha value is -1.11. The van der Waals surface area contributed by atoms with E-state index in [1.807, 2.05) is 35.7 Å². The first kappa shape index (κ1) is 17.3. The predicted molar refractivity (Wildman–Crippen MR) is 98.0 cm³/mol. The molecular weight excluding hydrogens is 336 g/mol. The number of pyridine rings is 1. The van der Waals surface area contributed by atoms with E-state index >= 15 is 0 Å². The first-order valence-electron chi connectivity index (χ1n) is 9.19. The summed E-state index contributed by atoms with van der Waals surface area (Å²) in [6, 6.07) is 3.77. The first-order chi connectivity index (χ1) is 12.1. The van der Waals surface area contributed by atoms with Gasteiger partial charge in [0.05, 0.1) is 10.9 Å². The number of carbonyl (C=O) groups is 1. The lowest BCUT2D eigenvalue weighted by molar-refractivity contribution is -0.0119. The average Bonchev–Trinajstić information content (AvgIpc) is 3.04. The number of nitrogens with zero attached hydrogens (tertiary/aromatic N) is 2. The zero-order valence-corrected chi connectivity index (χ0v) is 15.6. The number of aryl methyl sites for hydroxylation is 1. The molecule has 6 heteroatoms. The largest absolute Gasteiger partial charge is 0.381 e. The first-order valence-corrected chi connectivity index (χ1v) is 10.2. The van der Waals surface area contributed by atoms with Crippen molar-refractivity contribution in [2.45, 2.75) is 37.0 Å². The Balaban J connectivity index is 1.24. The van der Waals surface area contributed by atoms with Crippen LogP contribution in [0.25, 0.3) is 0 Å². The SMILES string of the molecule is Cc1ccc(C(=O)N2CC3(C[C@@H](OCC4CCOCC4)CS3)C2)nc1. The van der Waals surface area contributed by atoms with Gasteiger partial charge in [0, 0.05) is 44.9 Å². The highest BCUT2D eigenvalue weighted by atomic mass is 32.2. The molecule has 0 N–H and O–H groups in total. The molecule has 4 rings (SSSR count). The van der Waals surface area contributed by atoms with Crippen molar-refractivity contribution in [3.05, 3.63) is 29.6 Å². The van der Waals surface area contributed by atoms with E-state index in [1.54, 1.807) is 6.20 Å². The second-order valence-electron chi connectivity index (χ2n) is 7.59. The molecule has 0 aliphatic carbocycles. The van der Waals surface area contributed by atoms with Crippen molar-refractivity contribution >= 4 is 17.7 Å². The highest BCUT2D eigenvalue weighted by molar-refractivity contribution is 8.01. The van der Waals surface area contributed by atoms with Gasteiger partial charge in [0.15, 0.2) is 0 Å². The molecule has 5 nitrogen and oxygen atoms in total. The Morgan fingerprint density at radius 3 is 2.92 bits per heavy atom. The monoisotopic (exact) mass is 362 g/mol. The van der Waals surface area contributed by atoms with E-state index in [4.69, 9.17) is 9.47 Å². The Kier molecular flexibility index (Phi) is 5.02. The molecule has 1 spiro atoms. The van der Waals surface area contributed by atoms with Gasteiger partial charge < -0.3 is 14.4 Å². The molecule has 136 valence electrons. The van der Waals surface area contributed by atoms with E-state index in [9.17, 15) is 4.79 Å². The van der Waals surface area contributed by atoms with Gasteiger partial charge in [-0.3, -0.25) is 9.78 Å². The lowest BCUT2D eigenvalue weighted by atomic mass is 9.92. The summed E-state index contributed by atoms with van der Waals surface area (Å²) >= 11 is 1.98. The van der Waals surface area contributed by atoms with Crippen LogP contribution in [0.2, 0.25) is 0 Å². The van der Waals surface area contributed by atoms with Gasteiger partial charge in [0.1, 0.15) is 5.69 Å². The summed E-state index contributed by atoms with van der Waals surface area (Å²) in [5.74, 6) is 1.76. The minimum atomic E-state index is 0.0535. The van der Waals surface area contributed by atoms with Crippen LogP contribution in [-0.2, 0) is 9.47 Å². The van der Waals surface area contributed by atoms with Crippen LogP contribution < -0.4 is 0 Å². The van der Waals surface area contributed by atoms with Crippen molar-refractivity contribution in [3.8, 4) is 0 Å². The molecule has 0 saturated carbocycles. The zero-order chi connectivity index (χ0) is 17.3. The molecule has 3 aliphatic rings. The average molecular weight is 362 g/mol.